The fourth-order valence-corrected chi connectivity index (χ4v) is 1.84. The molecular formula is C14H8Cl3FO2. The minimum absolute atomic E-state index is 0.231. The van der Waals surface area contributed by atoms with Crippen LogP contribution in [0, 0.1) is 5.82 Å². The standard InChI is InChI=1S/C14H8Cl3FO2/c15-14(16,17)20-12-7-3-10(4-8-12)13(19)9-1-5-11(18)6-2-9/h1-8H. The summed E-state index contributed by atoms with van der Waals surface area (Å²) in [7, 11) is 0. The van der Waals surface area contributed by atoms with Gasteiger partial charge < -0.3 is 4.74 Å². The molecule has 0 unspecified atom stereocenters. The van der Waals surface area contributed by atoms with E-state index in [2.05, 4.69) is 0 Å². The molecule has 0 heterocycles. The third kappa shape index (κ3) is 4.10. The number of ether oxygens (including phenoxy) is 1. The molecule has 0 N–H and O–H groups in total. The molecule has 0 spiro atoms. The Morgan fingerprint density at radius 1 is 0.900 bits per heavy atom. The maximum Gasteiger partial charge on any atom is 0.338 e. The third-order valence-electron chi connectivity index (χ3n) is 2.46. The molecule has 0 saturated heterocycles. The predicted molar refractivity (Wildman–Crippen MR) is 77.2 cm³/mol. The van der Waals surface area contributed by atoms with Crippen molar-refractivity contribution < 1.29 is 13.9 Å². The molecule has 0 amide bonds. The molecule has 0 radical (unpaired) electrons. The van der Waals surface area contributed by atoms with Crippen molar-refractivity contribution in [2.75, 3.05) is 0 Å². The highest BCUT2D eigenvalue weighted by atomic mass is 35.6. The van der Waals surface area contributed by atoms with Crippen molar-refractivity contribution in [3.63, 3.8) is 0 Å². The molecule has 0 aromatic heterocycles. The van der Waals surface area contributed by atoms with E-state index in [1.54, 1.807) is 0 Å². The van der Waals surface area contributed by atoms with Crippen molar-refractivity contribution in [3.8, 4) is 5.75 Å². The number of halogens is 4. The zero-order valence-corrected chi connectivity index (χ0v) is 12.2. The van der Waals surface area contributed by atoms with Gasteiger partial charge in [0.25, 0.3) is 0 Å². The van der Waals surface area contributed by atoms with Gasteiger partial charge in [0.05, 0.1) is 0 Å². The van der Waals surface area contributed by atoms with Gasteiger partial charge in [-0.3, -0.25) is 4.79 Å². The van der Waals surface area contributed by atoms with E-state index in [1.807, 2.05) is 0 Å². The van der Waals surface area contributed by atoms with Crippen LogP contribution in [-0.4, -0.2) is 9.76 Å². The van der Waals surface area contributed by atoms with E-state index in [0.717, 1.165) is 0 Å². The highest BCUT2D eigenvalue weighted by Crippen LogP contribution is 2.30. The smallest absolute Gasteiger partial charge is 0.338 e. The van der Waals surface area contributed by atoms with Crippen molar-refractivity contribution in [1.82, 2.24) is 0 Å². The molecule has 0 saturated carbocycles. The molecule has 2 aromatic carbocycles. The summed E-state index contributed by atoms with van der Waals surface area (Å²) in [6.07, 6.45) is 0. The van der Waals surface area contributed by atoms with Crippen LogP contribution in [-0.2, 0) is 0 Å². The lowest BCUT2D eigenvalue weighted by Gasteiger charge is -2.13. The van der Waals surface area contributed by atoms with Crippen molar-refractivity contribution in [2.45, 2.75) is 3.98 Å². The highest BCUT2D eigenvalue weighted by Gasteiger charge is 2.21. The summed E-state index contributed by atoms with van der Waals surface area (Å²) in [6, 6.07) is 11.4. The molecule has 6 heteroatoms. The van der Waals surface area contributed by atoms with Gasteiger partial charge in [0, 0.05) is 11.1 Å². The van der Waals surface area contributed by atoms with Crippen molar-refractivity contribution in [2.24, 2.45) is 0 Å². The highest BCUT2D eigenvalue weighted by molar-refractivity contribution is 6.66. The number of carbonyl (C=O) groups is 1. The Bertz CT molecular complexity index is 604. The Labute approximate surface area is 130 Å². The molecule has 104 valence electrons. The Hall–Kier alpha value is -1.29. The topological polar surface area (TPSA) is 26.3 Å². The van der Waals surface area contributed by atoms with Gasteiger partial charge in [-0.05, 0) is 83.3 Å². The normalized spacial score (nSPS) is 11.2. The zero-order chi connectivity index (χ0) is 14.8. The Morgan fingerprint density at radius 3 is 1.80 bits per heavy atom. The van der Waals surface area contributed by atoms with Crippen molar-refractivity contribution >= 4 is 40.6 Å². The number of carbonyl (C=O) groups excluding carboxylic acids is 1. The number of alkyl halides is 3. The van der Waals surface area contributed by atoms with E-state index in [-0.39, 0.29) is 5.78 Å². The number of rotatable bonds is 3. The van der Waals surface area contributed by atoms with Crippen LogP contribution >= 0.6 is 34.8 Å². The Kier molecular flexibility index (Phi) is 4.53. The monoisotopic (exact) mass is 332 g/mol. The van der Waals surface area contributed by atoms with Crippen LogP contribution in [0.2, 0.25) is 0 Å². The first-order chi connectivity index (χ1) is 9.35. The minimum Gasteiger partial charge on any atom is -0.446 e. The Morgan fingerprint density at radius 2 is 1.35 bits per heavy atom. The van der Waals surface area contributed by atoms with Gasteiger partial charge in [0.1, 0.15) is 11.6 Å². The molecule has 2 rings (SSSR count). The predicted octanol–water partition coefficient (Wildman–Crippen LogP) is 4.76. The summed E-state index contributed by atoms with van der Waals surface area (Å²) >= 11 is 16.5. The van der Waals surface area contributed by atoms with Gasteiger partial charge in [0.15, 0.2) is 5.78 Å². The van der Waals surface area contributed by atoms with Crippen LogP contribution in [0.1, 0.15) is 15.9 Å². The first-order valence-electron chi connectivity index (χ1n) is 5.51. The summed E-state index contributed by atoms with van der Waals surface area (Å²) in [4.78, 5) is 12.1. The van der Waals surface area contributed by atoms with Crippen LogP contribution in [0.5, 0.6) is 5.75 Å². The molecule has 0 aliphatic carbocycles. The van der Waals surface area contributed by atoms with Crippen LogP contribution in [0.25, 0.3) is 0 Å². The van der Waals surface area contributed by atoms with E-state index >= 15 is 0 Å². The molecule has 0 aliphatic rings. The van der Waals surface area contributed by atoms with Crippen LogP contribution in [0.3, 0.4) is 0 Å². The fourth-order valence-electron chi connectivity index (χ4n) is 1.58. The molecular weight excluding hydrogens is 326 g/mol. The van der Waals surface area contributed by atoms with Crippen LogP contribution < -0.4 is 4.74 Å². The SMILES string of the molecule is O=C(c1ccc(F)cc1)c1ccc(OC(Cl)(Cl)Cl)cc1. The lowest BCUT2D eigenvalue weighted by Crippen LogP contribution is -2.12. The van der Waals surface area contributed by atoms with E-state index in [9.17, 15) is 9.18 Å². The summed E-state index contributed by atoms with van der Waals surface area (Å²) < 4.78 is 15.9. The van der Waals surface area contributed by atoms with Gasteiger partial charge in [-0.15, -0.1) is 0 Å². The van der Waals surface area contributed by atoms with Gasteiger partial charge in [-0.25, -0.2) is 4.39 Å². The second-order valence-corrected chi connectivity index (χ2v) is 6.09. The molecule has 0 atom stereocenters. The van der Waals surface area contributed by atoms with E-state index in [1.165, 1.54) is 48.5 Å². The average molecular weight is 334 g/mol. The summed E-state index contributed by atoms with van der Waals surface area (Å²) in [5.41, 5.74) is 0.815. The Balaban J connectivity index is 2.17. The van der Waals surface area contributed by atoms with Crippen LogP contribution in [0.4, 0.5) is 4.39 Å². The van der Waals surface area contributed by atoms with Gasteiger partial charge in [-0.1, -0.05) is 0 Å². The van der Waals surface area contributed by atoms with Gasteiger partial charge >= 0.3 is 3.98 Å². The largest absolute Gasteiger partial charge is 0.446 e. The molecule has 2 nitrogen and oxygen atoms in total. The average Bonchev–Trinajstić information content (AvgIpc) is 2.38. The first kappa shape index (κ1) is 15.1. The van der Waals surface area contributed by atoms with E-state index in [4.69, 9.17) is 39.5 Å². The van der Waals surface area contributed by atoms with Crippen molar-refractivity contribution in [1.29, 1.82) is 0 Å². The minimum atomic E-state index is -1.86. The lowest BCUT2D eigenvalue weighted by molar-refractivity contribution is 0.103. The van der Waals surface area contributed by atoms with Crippen molar-refractivity contribution in [3.05, 3.63) is 65.5 Å². The summed E-state index contributed by atoms with van der Waals surface area (Å²) in [5, 5.41) is 0. The molecule has 0 bridgehead atoms. The molecule has 2 aromatic rings. The fraction of sp³-hybridized carbons (Fsp3) is 0.0714. The zero-order valence-electron chi connectivity index (χ0n) is 9.95. The number of hydrogen-bond acceptors (Lipinski definition) is 2. The lowest BCUT2D eigenvalue weighted by atomic mass is 10.0. The van der Waals surface area contributed by atoms with E-state index in [0.29, 0.717) is 16.9 Å². The second kappa shape index (κ2) is 6.00. The third-order valence-corrected chi connectivity index (χ3v) is 2.69. The summed E-state index contributed by atoms with van der Waals surface area (Å²) in [5.74, 6) is -0.306. The quantitative estimate of drug-likeness (QED) is 0.598. The maximum atomic E-state index is 12.8. The first-order valence-corrected chi connectivity index (χ1v) is 6.64. The van der Waals surface area contributed by atoms with Crippen LogP contribution in [0.15, 0.2) is 48.5 Å². The second-order valence-electron chi connectivity index (χ2n) is 3.91. The number of hydrogen-bond donors (Lipinski definition) is 0. The van der Waals surface area contributed by atoms with E-state index < -0.39 is 9.80 Å². The summed E-state index contributed by atoms with van der Waals surface area (Å²) in [6.45, 7) is 0. The molecule has 20 heavy (non-hydrogen) atoms. The maximum absolute atomic E-state index is 12.8. The van der Waals surface area contributed by atoms with Gasteiger partial charge in [-0.2, -0.15) is 0 Å². The molecule has 0 fully saturated rings. The number of benzene rings is 2. The molecule has 0 aliphatic heterocycles. The number of ketones is 1. The van der Waals surface area contributed by atoms with Gasteiger partial charge in [0.2, 0.25) is 0 Å².